The van der Waals surface area contributed by atoms with E-state index >= 15 is 0 Å². The number of benzene rings is 2. The molecule has 0 saturated heterocycles. The molecule has 0 aliphatic rings. The van der Waals surface area contributed by atoms with Gasteiger partial charge in [0.1, 0.15) is 0 Å². The molecule has 0 aliphatic heterocycles. The first kappa shape index (κ1) is 22.9. The first-order valence-corrected chi connectivity index (χ1v) is 8.25. The van der Waals surface area contributed by atoms with Gasteiger partial charge in [0.05, 0.1) is 21.2 Å². The van der Waals surface area contributed by atoms with Crippen molar-refractivity contribution in [2.45, 2.75) is 13.8 Å². The van der Waals surface area contributed by atoms with E-state index in [-0.39, 0.29) is 21.2 Å². The third-order valence-corrected chi connectivity index (χ3v) is 3.32. The van der Waals surface area contributed by atoms with Crippen LogP contribution in [0.4, 0.5) is 0 Å². The van der Waals surface area contributed by atoms with Crippen molar-refractivity contribution in [2.75, 3.05) is 0 Å². The van der Waals surface area contributed by atoms with Crippen LogP contribution >= 0.6 is 23.2 Å². The SMILES string of the molecule is CC(=O)OOC(C)=O.O=C(OOC(=O)c1ccccc1Cl)c1ccccc1Cl. The summed E-state index contributed by atoms with van der Waals surface area (Å²) < 4.78 is 0. The molecule has 0 unspecified atom stereocenters. The van der Waals surface area contributed by atoms with E-state index in [0.717, 1.165) is 13.8 Å². The van der Waals surface area contributed by atoms with Gasteiger partial charge in [-0.1, -0.05) is 47.5 Å². The lowest BCUT2D eigenvalue weighted by atomic mass is 10.2. The summed E-state index contributed by atoms with van der Waals surface area (Å²) in [5.74, 6) is -3.01. The molecular formula is C18H14Cl2O8. The van der Waals surface area contributed by atoms with E-state index in [1.54, 1.807) is 24.3 Å². The number of rotatable bonds is 2. The fourth-order valence-electron chi connectivity index (χ4n) is 1.54. The first-order chi connectivity index (χ1) is 13.2. The van der Waals surface area contributed by atoms with Crippen molar-refractivity contribution in [3.63, 3.8) is 0 Å². The first-order valence-electron chi connectivity index (χ1n) is 7.50. The van der Waals surface area contributed by atoms with Crippen molar-refractivity contribution in [1.29, 1.82) is 0 Å². The fraction of sp³-hybridized carbons (Fsp3) is 0.111. The molecule has 0 N–H and O–H groups in total. The summed E-state index contributed by atoms with van der Waals surface area (Å²) in [5.41, 5.74) is 0.197. The standard InChI is InChI=1S/C14H8Cl2O4.C4H6O4/c15-11-7-3-1-5-9(11)13(17)19-20-14(18)10-6-2-4-8-12(10)16;1-3(5)7-8-4(2)6/h1-8H;1-2H3. The number of carbonyl (C=O) groups is 4. The van der Waals surface area contributed by atoms with Gasteiger partial charge >= 0.3 is 23.9 Å². The van der Waals surface area contributed by atoms with Gasteiger partial charge in [0.2, 0.25) is 0 Å². The minimum atomic E-state index is -0.865. The summed E-state index contributed by atoms with van der Waals surface area (Å²) in [6.45, 7) is 2.28. The van der Waals surface area contributed by atoms with Gasteiger partial charge in [-0.25, -0.2) is 38.7 Å². The van der Waals surface area contributed by atoms with Crippen molar-refractivity contribution in [2.24, 2.45) is 0 Å². The third kappa shape index (κ3) is 8.07. The maximum Gasteiger partial charge on any atom is 0.387 e. The molecule has 0 fully saturated rings. The highest BCUT2D eigenvalue weighted by Crippen LogP contribution is 2.18. The molecule has 0 aliphatic carbocycles. The van der Waals surface area contributed by atoms with Crippen LogP contribution in [0.2, 0.25) is 10.0 Å². The van der Waals surface area contributed by atoms with Crippen molar-refractivity contribution in [3.8, 4) is 0 Å². The van der Waals surface area contributed by atoms with Crippen molar-refractivity contribution in [3.05, 3.63) is 69.7 Å². The Hall–Kier alpha value is -3.10. The van der Waals surface area contributed by atoms with Crippen LogP contribution in [0.15, 0.2) is 48.5 Å². The van der Waals surface area contributed by atoms with Gasteiger partial charge in [-0.05, 0) is 24.3 Å². The van der Waals surface area contributed by atoms with Gasteiger partial charge < -0.3 is 0 Å². The molecule has 2 rings (SSSR count). The van der Waals surface area contributed by atoms with E-state index < -0.39 is 23.9 Å². The third-order valence-electron chi connectivity index (χ3n) is 2.66. The number of hydrogen-bond donors (Lipinski definition) is 0. The topological polar surface area (TPSA) is 105 Å². The zero-order valence-corrected chi connectivity index (χ0v) is 16.2. The summed E-state index contributed by atoms with van der Waals surface area (Å²) in [6, 6.07) is 12.5. The Morgan fingerprint density at radius 3 is 1.21 bits per heavy atom. The zero-order valence-electron chi connectivity index (χ0n) is 14.6. The predicted molar refractivity (Wildman–Crippen MR) is 97.3 cm³/mol. The van der Waals surface area contributed by atoms with Crippen molar-refractivity contribution >= 4 is 47.1 Å². The fourth-order valence-corrected chi connectivity index (χ4v) is 1.96. The van der Waals surface area contributed by atoms with E-state index in [1.807, 2.05) is 0 Å². The number of carbonyl (C=O) groups excluding carboxylic acids is 4. The van der Waals surface area contributed by atoms with Gasteiger partial charge in [0.15, 0.2) is 0 Å². The molecule has 148 valence electrons. The minimum Gasteiger partial charge on any atom is -0.248 e. The van der Waals surface area contributed by atoms with Crippen LogP contribution in [0.25, 0.3) is 0 Å². The lowest BCUT2D eigenvalue weighted by Crippen LogP contribution is -2.12. The molecule has 28 heavy (non-hydrogen) atoms. The highest BCUT2D eigenvalue weighted by atomic mass is 35.5. The summed E-state index contributed by atoms with van der Waals surface area (Å²) in [5, 5.41) is 0.401. The Morgan fingerprint density at radius 1 is 0.607 bits per heavy atom. The largest absolute Gasteiger partial charge is 0.387 e. The molecule has 0 atom stereocenters. The van der Waals surface area contributed by atoms with E-state index in [2.05, 4.69) is 19.6 Å². The highest BCUT2D eigenvalue weighted by molar-refractivity contribution is 6.34. The van der Waals surface area contributed by atoms with E-state index in [4.69, 9.17) is 23.2 Å². The van der Waals surface area contributed by atoms with Crippen LogP contribution in [0.3, 0.4) is 0 Å². The van der Waals surface area contributed by atoms with Gasteiger partial charge in [-0.2, -0.15) is 0 Å². The lowest BCUT2D eigenvalue weighted by molar-refractivity contribution is -0.255. The Bertz CT molecular complexity index is 795. The summed E-state index contributed by atoms with van der Waals surface area (Å²) >= 11 is 11.6. The molecule has 0 spiro atoms. The number of halogens is 2. The summed E-state index contributed by atoms with van der Waals surface area (Å²) in [4.78, 5) is 59.6. The molecule has 0 heterocycles. The van der Waals surface area contributed by atoms with Gasteiger partial charge in [0, 0.05) is 13.8 Å². The average Bonchev–Trinajstić information content (AvgIpc) is 2.65. The smallest absolute Gasteiger partial charge is 0.248 e. The minimum absolute atomic E-state index is 0.0983. The second kappa shape index (κ2) is 11.6. The van der Waals surface area contributed by atoms with Crippen LogP contribution in [-0.2, 0) is 29.1 Å². The van der Waals surface area contributed by atoms with Crippen molar-refractivity contribution in [1.82, 2.24) is 0 Å². The molecule has 0 amide bonds. The Labute approximate surface area is 169 Å². The van der Waals surface area contributed by atoms with Crippen LogP contribution in [0.1, 0.15) is 34.6 Å². The van der Waals surface area contributed by atoms with Gasteiger partial charge in [-0.15, -0.1) is 0 Å². The molecule has 8 nitrogen and oxygen atoms in total. The van der Waals surface area contributed by atoms with E-state index in [0.29, 0.717) is 0 Å². The second-order valence-corrected chi connectivity index (χ2v) is 5.67. The van der Waals surface area contributed by atoms with Crippen LogP contribution < -0.4 is 0 Å². The quantitative estimate of drug-likeness (QED) is 0.522. The van der Waals surface area contributed by atoms with Gasteiger partial charge in [-0.3, -0.25) is 0 Å². The molecule has 0 radical (unpaired) electrons. The Morgan fingerprint density at radius 2 is 0.929 bits per heavy atom. The number of hydrogen-bond acceptors (Lipinski definition) is 8. The van der Waals surface area contributed by atoms with Crippen LogP contribution in [-0.4, -0.2) is 23.9 Å². The molecular weight excluding hydrogens is 415 g/mol. The lowest BCUT2D eigenvalue weighted by Gasteiger charge is -2.05. The molecule has 10 heteroatoms. The van der Waals surface area contributed by atoms with Crippen LogP contribution in [0.5, 0.6) is 0 Å². The molecule has 2 aromatic rings. The molecule has 0 aromatic heterocycles. The molecule has 2 aromatic carbocycles. The summed E-state index contributed by atoms with van der Waals surface area (Å²) in [7, 11) is 0. The van der Waals surface area contributed by atoms with E-state index in [9.17, 15) is 19.2 Å². The maximum atomic E-state index is 11.7. The van der Waals surface area contributed by atoms with Crippen molar-refractivity contribution < 1.29 is 38.7 Å². The predicted octanol–water partition coefficient (Wildman–Crippen LogP) is 3.95. The zero-order chi connectivity index (χ0) is 21.1. The highest BCUT2D eigenvalue weighted by Gasteiger charge is 2.17. The average molecular weight is 429 g/mol. The summed E-state index contributed by atoms with van der Waals surface area (Å²) in [6.07, 6.45) is 0. The monoisotopic (exact) mass is 428 g/mol. The molecule has 0 bridgehead atoms. The van der Waals surface area contributed by atoms with Gasteiger partial charge in [0.25, 0.3) is 0 Å². The normalized spacial score (nSPS) is 9.29. The Kier molecular flexibility index (Phi) is 9.49. The van der Waals surface area contributed by atoms with E-state index in [1.165, 1.54) is 24.3 Å². The van der Waals surface area contributed by atoms with Crippen LogP contribution in [0, 0.1) is 0 Å². The molecule has 0 saturated carbocycles. The Balaban J connectivity index is 0.000000416. The second-order valence-electron chi connectivity index (χ2n) is 4.85. The maximum absolute atomic E-state index is 11.7.